The second kappa shape index (κ2) is 4.84. The summed E-state index contributed by atoms with van der Waals surface area (Å²) in [4.78, 5) is 12.9. The van der Waals surface area contributed by atoms with Crippen molar-refractivity contribution in [1.29, 1.82) is 0 Å². The zero-order valence-corrected chi connectivity index (χ0v) is 11.3. The number of rotatable bonds is 3. The molecular formula is C16H13F2NO2. The number of ether oxygens (including phenoxy) is 1. The molecule has 0 bridgehead atoms. The molecule has 3 nitrogen and oxygen atoms in total. The van der Waals surface area contributed by atoms with Gasteiger partial charge in [-0.05, 0) is 29.8 Å². The van der Waals surface area contributed by atoms with Gasteiger partial charge in [0.15, 0.2) is 0 Å². The molecule has 1 amide bonds. The molecule has 1 heterocycles. The molecule has 21 heavy (non-hydrogen) atoms. The van der Waals surface area contributed by atoms with Crippen molar-refractivity contribution < 1.29 is 18.3 Å². The summed E-state index contributed by atoms with van der Waals surface area (Å²) in [6.45, 7) is 0. The number of carbonyl (C=O) groups excluding carboxylic acids is 1. The smallest absolute Gasteiger partial charge is 0.349 e. The summed E-state index contributed by atoms with van der Waals surface area (Å²) in [7, 11) is 1.52. The van der Waals surface area contributed by atoms with E-state index >= 15 is 0 Å². The minimum atomic E-state index is -3.37. The number of halogens is 2. The number of β-lactam (4-membered cyclic amide) rings is 1. The van der Waals surface area contributed by atoms with Gasteiger partial charge in [-0.2, -0.15) is 8.78 Å². The summed E-state index contributed by atoms with van der Waals surface area (Å²) >= 11 is 0. The quantitative estimate of drug-likeness (QED) is 0.810. The molecule has 2 aromatic rings. The first-order valence-corrected chi connectivity index (χ1v) is 6.46. The van der Waals surface area contributed by atoms with E-state index in [4.69, 9.17) is 4.74 Å². The molecule has 1 aliphatic rings. The molecule has 0 aliphatic carbocycles. The second-order valence-electron chi connectivity index (χ2n) is 4.81. The largest absolute Gasteiger partial charge is 0.497 e. The molecule has 0 radical (unpaired) electrons. The standard InChI is InChI=1S/C16H13F2NO2/c1-21-13-9-7-12(8-10-13)19-14(16(17,18)15(19)20)11-5-3-2-4-6-11/h2-10,14H,1H3. The Kier molecular flexibility index (Phi) is 3.12. The van der Waals surface area contributed by atoms with Gasteiger partial charge in [-0.15, -0.1) is 0 Å². The summed E-state index contributed by atoms with van der Waals surface area (Å²) in [5, 5.41) is 0. The number of benzene rings is 2. The van der Waals surface area contributed by atoms with E-state index in [1.807, 2.05) is 0 Å². The third-order valence-electron chi connectivity index (χ3n) is 3.57. The van der Waals surface area contributed by atoms with Crippen molar-refractivity contribution in [3.8, 4) is 5.75 Å². The molecule has 1 atom stereocenters. The van der Waals surface area contributed by atoms with Crippen molar-refractivity contribution in [3.63, 3.8) is 0 Å². The van der Waals surface area contributed by atoms with Gasteiger partial charge < -0.3 is 4.74 Å². The molecule has 0 N–H and O–H groups in total. The van der Waals surface area contributed by atoms with Crippen LogP contribution in [0, 0.1) is 0 Å². The first-order valence-electron chi connectivity index (χ1n) is 6.46. The van der Waals surface area contributed by atoms with Gasteiger partial charge in [-0.3, -0.25) is 9.69 Å². The van der Waals surface area contributed by atoms with Gasteiger partial charge in [0.1, 0.15) is 11.8 Å². The number of alkyl halides is 2. The maximum Gasteiger partial charge on any atom is 0.349 e. The number of carbonyl (C=O) groups is 1. The lowest BCUT2D eigenvalue weighted by atomic mass is 9.89. The first kappa shape index (κ1) is 13.5. The van der Waals surface area contributed by atoms with Crippen LogP contribution >= 0.6 is 0 Å². The average molecular weight is 289 g/mol. The average Bonchev–Trinajstić information content (AvgIpc) is 2.52. The van der Waals surface area contributed by atoms with Crippen LogP contribution in [0.15, 0.2) is 54.6 Å². The van der Waals surface area contributed by atoms with E-state index in [0.717, 1.165) is 4.90 Å². The molecular weight excluding hydrogens is 276 g/mol. The van der Waals surface area contributed by atoms with E-state index in [-0.39, 0.29) is 0 Å². The summed E-state index contributed by atoms with van der Waals surface area (Å²) in [5.41, 5.74) is 0.846. The van der Waals surface area contributed by atoms with Gasteiger partial charge in [0.2, 0.25) is 0 Å². The van der Waals surface area contributed by atoms with Crippen LogP contribution in [0.5, 0.6) is 5.75 Å². The maximum atomic E-state index is 13.9. The molecule has 1 saturated heterocycles. The van der Waals surface area contributed by atoms with Crippen LogP contribution in [0.1, 0.15) is 11.6 Å². The summed E-state index contributed by atoms with van der Waals surface area (Å²) in [6, 6.07) is 13.5. The maximum absolute atomic E-state index is 13.9. The van der Waals surface area contributed by atoms with Crippen molar-refractivity contribution in [2.45, 2.75) is 12.0 Å². The third-order valence-corrected chi connectivity index (χ3v) is 3.57. The van der Waals surface area contributed by atoms with Gasteiger partial charge in [-0.25, -0.2) is 0 Å². The number of nitrogens with zero attached hydrogens (tertiary/aromatic N) is 1. The lowest BCUT2D eigenvalue weighted by Gasteiger charge is -2.46. The predicted octanol–water partition coefficient (Wildman–Crippen LogP) is 3.42. The molecule has 0 saturated carbocycles. The third kappa shape index (κ3) is 2.05. The predicted molar refractivity (Wildman–Crippen MR) is 74.6 cm³/mol. The zero-order valence-electron chi connectivity index (χ0n) is 11.3. The Hall–Kier alpha value is -2.43. The SMILES string of the molecule is COc1ccc(N2C(=O)C(F)(F)C2c2ccccc2)cc1. The highest BCUT2D eigenvalue weighted by atomic mass is 19.3. The fraction of sp³-hybridized carbons (Fsp3) is 0.188. The number of amides is 1. The van der Waals surface area contributed by atoms with Gasteiger partial charge in [-0.1, -0.05) is 30.3 Å². The highest BCUT2D eigenvalue weighted by molar-refractivity contribution is 6.07. The van der Waals surface area contributed by atoms with Crippen LogP contribution in [0.3, 0.4) is 0 Å². The van der Waals surface area contributed by atoms with Crippen molar-refractivity contribution in [3.05, 3.63) is 60.2 Å². The molecule has 5 heteroatoms. The fourth-order valence-electron chi connectivity index (χ4n) is 2.49. The number of methoxy groups -OCH3 is 1. The molecule has 1 unspecified atom stereocenters. The van der Waals surface area contributed by atoms with E-state index in [0.29, 0.717) is 17.0 Å². The molecule has 1 fully saturated rings. The van der Waals surface area contributed by atoms with E-state index < -0.39 is 17.9 Å². The Morgan fingerprint density at radius 2 is 1.67 bits per heavy atom. The molecule has 108 valence electrons. The number of hydrogen-bond donors (Lipinski definition) is 0. The van der Waals surface area contributed by atoms with Crippen LogP contribution in [0.25, 0.3) is 0 Å². The summed E-state index contributed by atoms with van der Waals surface area (Å²) in [6.07, 6.45) is 0. The Morgan fingerprint density at radius 1 is 1.05 bits per heavy atom. The van der Waals surface area contributed by atoms with Gasteiger partial charge in [0.25, 0.3) is 0 Å². The molecule has 3 rings (SSSR count). The van der Waals surface area contributed by atoms with Gasteiger partial charge in [0, 0.05) is 5.69 Å². The lowest BCUT2D eigenvalue weighted by Crippen LogP contribution is -2.64. The van der Waals surface area contributed by atoms with Gasteiger partial charge >= 0.3 is 11.8 Å². The summed E-state index contributed by atoms with van der Waals surface area (Å²) in [5.74, 6) is -3.95. The number of hydrogen-bond acceptors (Lipinski definition) is 2. The van der Waals surface area contributed by atoms with E-state index in [9.17, 15) is 13.6 Å². The van der Waals surface area contributed by atoms with Crippen LogP contribution in [0.2, 0.25) is 0 Å². The van der Waals surface area contributed by atoms with Crippen LogP contribution in [-0.2, 0) is 4.79 Å². The van der Waals surface area contributed by atoms with Crippen LogP contribution in [0.4, 0.5) is 14.5 Å². The van der Waals surface area contributed by atoms with Crippen LogP contribution < -0.4 is 9.64 Å². The summed E-state index contributed by atoms with van der Waals surface area (Å²) < 4.78 is 32.9. The van der Waals surface area contributed by atoms with E-state index in [2.05, 4.69) is 0 Å². The molecule has 1 aliphatic heterocycles. The minimum Gasteiger partial charge on any atom is -0.497 e. The second-order valence-corrected chi connectivity index (χ2v) is 4.81. The van der Waals surface area contributed by atoms with Crippen molar-refractivity contribution in [2.75, 3.05) is 12.0 Å². The van der Waals surface area contributed by atoms with Crippen LogP contribution in [-0.4, -0.2) is 18.9 Å². The Labute approximate surface area is 120 Å². The lowest BCUT2D eigenvalue weighted by molar-refractivity contribution is -0.162. The minimum absolute atomic E-state index is 0.415. The normalized spacial score (nSPS) is 20.0. The zero-order chi connectivity index (χ0) is 15.0. The molecule has 0 aromatic heterocycles. The molecule has 0 spiro atoms. The van der Waals surface area contributed by atoms with Crippen molar-refractivity contribution in [1.82, 2.24) is 0 Å². The first-order chi connectivity index (χ1) is 10.1. The Balaban J connectivity index is 1.98. The van der Waals surface area contributed by atoms with Gasteiger partial charge in [0.05, 0.1) is 7.11 Å². The van der Waals surface area contributed by atoms with E-state index in [1.165, 1.54) is 7.11 Å². The topological polar surface area (TPSA) is 29.5 Å². The molecule has 2 aromatic carbocycles. The Morgan fingerprint density at radius 3 is 2.24 bits per heavy atom. The fourth-order valence-corrected chi connectivity index (χ4v) is 2.49. The monoisotopic (exact) mass is 289 g/mol. The van der Waals surface area contributed by atoms with E-state index in [1.54, 1.807) is 54.6 Å². The number of anilines is 1. The Bertz CT molecular complexity index is 656. The van der Waals surface area contributed by atoms with Crippen molar-refractivity contribution >= 4 is 11.6 Å². The highest BCUT2D eigenvalue weighted by Crippen LogP contribution is 2.49. The van der Waals surface area contributed by atoms with Crippen molar-refractivity contribution in [2.24, 2.45) is 0 Å². The highest BCUT2D eigenvalue weighted by Gasteiger charge is 2.64.